The summed E-state index contributed by atoms with van der Waals surface area (Å²) in [6.07, 6.45) is 5.04. The lowest BCUT2D eigenvalue weighted by molar-refractivity contribution is 0.100. The first kappa shape index (κ1) is 25.6. The van der Waals surface area contributed by atoms with Crippen LogP contribution in [0.15, 0.2) is 48.5 Å². The van der Waals surface area contributed by atoms with Gasteiger partial charge in [-0.25, -0.2) is 0 Å². The van der Waals surface area contributed by atoms with Crippen LogP contribution in [0.1, 0.15) is 107 Å². The molecule has 0 aliphatic heterocycles. The normalized spacial score (nSPS) is 11.0. The summed E-state index contributed by atoms with van der Waals surface area (Å²) in [5.41, 5.74) is 9.34. The standard InChI is InChI=1S/C32H38O2/c1-7-21-17-23(9-3)29(24(10-4)18-21)31(33)27-15-13-14-16-28(27)32(34)30-25(11-5)19-22(8-2)20-26(30)12-6/h13-20H,7-12H2,1-6H3. The summed E-state index contributed by atoms with van der Waals surface area (Å²) < 4.78 is 0. The summed E-state index contributed by atoms with van der Waals surface area (Å²) in [6, 6.07) is 16.0. The minimum atomic E-state index is -0.0402. The largest absolute Gasteiger partial charge is 0.289 e. The molecule has 2 heteroatoms. The lowest BCUT2D eigenvalue weighted by Gasteiger charge is -2.18. The second-order valence-electron chi connectivity index (χ2n) is 8.90. The Kier molecular flexibility index (Phi) is 8.61. The number of aryl methyl sites for hydroxylation is 6. The molecule has 0 spiro atoms. The van der Waals surface area contributed by atoms with E-state index in [1.165, 1.54) is 11.1 Å². The summed E-state index contributed by atoms with van der Waals surface area (Å²) in [6.45, 7) is 12.7. The molecule has 3 aromatic rings. The Morgan fingerprint density at radius 3 is 1.03 bits per heavy atom. The molecule has 0 unspecified atom stereocenters. The molecule has 0 heterocycles. The first-order valence-electron chi connectivity index (χ1n) is 12.9. The van der Waals surface area contributed by atoms with E-state index in [0.29, 0.717) is 11.1 Å². The Labute approximate surface area is 205 Å². The third-order valence-electron chi connectivity index (χ3n) is 6.93. The van der Waals surface area contributed by atoms with Gasteiger partial charge in [-0.05, 0) is 71.9 Å². The summed E-state index contributed by atoms with van der Waals surface area (Å²) >= 11 is 0. The van der Waals surface area contributed by atoms with Crippen molar-refractivity contribution < 1.29 is 9.59 Å². The first-order chi connectivity index (χ1) is 16.4. The van der Waals surface area contributed by atoms with Gasteiger partial charge in [-0.2, -0.15) is 0 Å². The molecule has 3 aromatic carbocycles. The molecule has 0 atom stereocenters. The van der Waals surface area contributed by atoms with E-state index in [-0.39, 0.29) is 11.6 Å². The Morgan fingerprint density at radius 1 is 0.500 bits per heavy atom. The molecule has 3 rings (SSSR count). The fourth-order valence-corrected chi connectivity index (χ4v) is 4.93. The predicted molar refractivity (Wildman–Crippen MR) is 142 cm³/mol. The van der Waals surface area contributed by atoms with E-state index < -0.39 is 0 Å². The lowest BCUT2D eigenvalue weighted by Crippen LogP contribution is -2.17. The van der Waals surface area contributed by atoms with Gasteiger partial charge in [0, 0.05) is 22.3 Å². The van der Waals surface area contributed by atoms with Crippen molar-refractivity contribution in [1.29, 1.82) is 0 Å². The highest BCUT2D eigenvalue weighted by atomic mass is 16.1. The SMILES string of the molecule is CCc1cc(CC)c(C(=O)c2ccccc2C(=O)c2c(CC)cc(CC)cc2CC)c(CC)c1. The minimum Gasteiger partial charge on any atom is -0.289 e. The number of benzene rings is 3. The number of hydrogen-bond acceptors (Lipinski definition) is 2. The van der Waals surface area contributed by atoms with E-state index in [1.54, 1.807) is 0 Å². The van der Waals surface area contributed by atoms with Crippen LogP contribution in [0.3, 0.4) is 0 Å². The molecule has 34 heavy (non-hydrogen) atoms. The molecule has 2 nitrogen and oxygen atoms in total. The molecule has 0 N–H and O–H groups in total. The number of rotatable bonds is 10. The highest BCUT2D eigenvalue weighted by Gasteiger charge is 2.25. The van der Waals surface area contributed by atoms with Crippen LogP contribution in [0.5, 0.6) is 0 Å². The van der Waals surface area contributed by atoms with Crippen molar-refractivity contribution in [1.82, 2.24) is 0 Å². The topological polar surface area (TPSA) is 34.1 Å². The number of carbonyl (C=O) groups excluding carboxylic acids is 2. The summed E-state index contributed by atoms with van der Waals surface area (Å²) in [5.74, 6) is -0.0804. The zero-order valence-corrected chi connectivity index (χ0v) is 21.7. The minimum absolute atomic E-state index is 0.0402. The van der Waals surface area contributed by atoms with Gasteiger partial charge in [0.2, 0.25) is 0 Å². The molecular weight excluding hydrogens is 416 g/mol. The maximum absolute atomic E-state index is 14.0. The highest BCUT2D eigenvalue weighted by Crippen LogP contribution is 2.28. The molecule has 0 aliphatic carbocycles. The van der Waals surface area contributed by atoms with Crippen LogP contribution in [0.25, 0.3) is 0 Å². The number of hydrogen-bond donors (Lipinski definition) is 0. The Morgan fingerprint density at radius 2 is 0.794 bits per heavy atom. The molecule has 0 saturated heterocycles. The molecule has 0 aromatic heterocycles. The second-order valence-corrected chi connectivity index (χ2v) is 8.90. The van der Waals surface area contributed by atoms with Crippen molar-refractivity contribution in [3.05, 3.63) is 104 Å². The van der Waals surface area contributed by atoms with Gasteiger partial charge in [0.15, 0.2) is 11.6 Å². The zero-order chi connectivity index (χ0) is 24.8. The molecule has 0 amide bonds. The monoisotopic (exact) mass is 454 g/mol. The van der Waals surface area contributed by atoms with Crippen molar-refractivity contribution in [3.8, 4) is 0 Å². The predicted octanol–water partition coefficient (Wildman–Crippen LogP) is 7.52. The molecule has 0 bridgehead atoms. The Hall–Kier alpha value is -3.00. The fourth-order valence-electron chi connectivity index (χ4n) is 4.93. The molecule has 0 fully saturated rings. The van der Waals surface area contributed by atoms with E-state index in [9.17, 15) is 9.59 Å². The van der Waals surface area contributed by atoms with Crippen molar-refractivity contribution in [3.63, 3.8) is 0 Å². The molecular formula is C32H38O2. The maximum Gasteiger partial charge on any atom is 0.194 e. The Bertz CT molecular complexity index is 1050. The molecule has 0 aliphatic rings. The van der Waals surface area contributed by atoms with Crippen molar-refractivity contribution in [2.45, 2.75) is 80.1 Å². The van der Waals surface area contributed by atoms with Crippen molar-refractivity contribution in [2.24, 2.45) is 0 Å². The van der Waals surface area contributed by atoms with Gasteiger partial charge in [-0.15, -0.1) is 0 Å². The van der Waals surface area contributed by atoms with Crippen molar-refractivity contribution in [2.75, 3.05) is 0 Å². The summed E-state index contributed by atoms with van der Waals surface area (Å²) in [4.78, 5) is 28.0. The smallest absolute Gasteiger partial charge is 0.194 e. The van der Waals surface area contributed by atoms with Gasteiger partial charge in [-0.3, -0.25) is 9.59 Å². The zero-order valence-electron chi connectivity index (χ0n) is 21.7. The van der Waals surface area contributed by atoms with E-state index in [4.69, 9.17) is 0 Å². The molecule has 0 saturated carbocycles. The van der Waals surface area contributed by atoms with Gasteiger partial charge >= 0.3 is 0 Å². The maximum atomic E-state index is 14.0. The van der Waals surface area contributed by atoms with Crippen LogP contribution < -0.4 is 0 Å². The van der Waals surface area contributed by atoms with Gasteiger partial charge < -0.3 is 0 Å². The Balaban J connectivity index is 2.20. The van der Waals surface area contributed by atoms with Gasteiger partial charge in [-0.1, -0.05) is 90.1 Å². The van der Waals surface area contributed by atoms with Gasteiger partial charge in [0.05, 0.1) is 0 Å². The summed E-state index contributed by atoms with van der Waals surface area (Å²) in [5, 5.41) is 0. The van der Waals surface area contributed by atoms with Gasteiger partial charge in [0.1, 0.15) is 0 Å². The van der Waals surface area contributed by atoms with E-state index in [1.807, 2.05) is 24.3 Å². The van der Waals surface area contributed by atoms with Crippen LogP contribution in [0, 0.1) is 0 Å². The van der Waals surface area contributed by atoms with Crippen molar-refractivity contribution >= 4 is 11.6 Å². The fraction of sp³-hybridized carbons (Fsp3) is 0.375. The second kappa shape index (κ2) is 11.4. The van der Waals surface area contributed by atoms with Crippen LogP contribution in [0.4, 0.5) is 0 Å². The molecule has 0 radical (unpaired) electrons. The highest BCUT2D eigenvalue weighted by molar-refractivity contribution is 6.21. The van der Waals surface area contributed by atoms with Crippen LogP contribution in [-0.2, 0) is 38.5 Å². The van der Waals surface area contributed by atoms with E-state index >= 15 is 0 Å². The number of ketones is 2. The van der Waals surface area contributed by atoms with E-state index in [2.05, 4.69) is 65.8 Å². The lowest BCUT2D eigenvalue weighted by atomic mass is 9.84. The average molecular weight is 455 g/mol. The van der Waals surface area contributed by atoms with Crippen LogP contribution >= 0.6 is 0 Å². The molecule has 178 valence electrons. The van der Waals surface area contributed by atoms with Crippen LogP contribution in [0.2, 0.25) is 0 Å². The summed E-state index contributed by atoms with van der Waals surface area (Å²) in [7, 11) is 0. The van der Waals surface area contributed by atoms with Gasteiger partial charge in [0.25, 0.3) is 0 Å². The third kappa shape index (κ3) is 4.92. The average Bonchev–Trinajstić information content (AvgIpc) is 2.90. The van der Waals surface area contributed by atoms with E-state index in [0.717, 1.165) is 71.9 Å². The van der Waals surface area contributed by atoms with Crippen LogP contribution in [-0.4, -0.2) is 11.6 Å². The number of carbonyl (C=O) groups is 2. The first-order valence-corrected chi connectivity index (χ1v) is 12.9. The third-order valence-corrected chi connectivity index (χ3v) is 6.93. The quantitative estimate of drug-likeness (QED) is 0.297.